The molecule has 3 aromatic heterocycles. The van der Waals surface area contributed by atoms with Gasteiger partial charge in [-0.3, -0.25) is 4.79 Å². The van der Waals surface area contributed by atoms with E-state index >= 15 is 0 Å². The van der Waals surface area contributed by atoms with Crippen molar-refractivity contribution in [3.05, 3.63) is 54.6 Å². The van der Waals surface area contributed by atoms with Crippen molar-refractivity contribution in [3.63, 3.8) is 0 Å². The highest BCUT2D eigenvalue weighted by atomic mass is 16.5. The van der Waals surface area contributed by atoms with Crippen LogP contribution in [0.2, 0.25) is 0 Å². The first kappa shape index (κ1) is 15.1. The fraction of sp³-hybridized carbons (Fsp3) is 0.176. The SMILES string of the molecule is CC(NC(=O)c1ccco1)c1nc(-c2ccc3ncn(C)c3c2)no1. The van der Waals surface area contributed by atoms with Crippen molar-refractivity contribution >= 4 is 16.9 Å². The molecule has 8 nitrogen and oxygen atoms in total. The van der Waals surface area contributed by atoms with Gasteiger partial charge in [0.05, 0.1) is 23.6 Å². The number of hydrogen-bond acceptors (Lipinski definition) is 6. The molecule has 1 aromatic carbocycles. The van der Waals surface area contributed by atoms with Gasteiger partial charge in [-0.2, -0.15) is 4.98 Å². The summed E-state index contributed by atoms with van der Waals surface area (Å²) in [6.07, 6.45) is 3.20. The molecular weight excluding hydrogens is 322 g/mol. The van der Waals surface area contributed by atoms with Crippen LogP contribution in [-0.4, -0.2) is 25.6 Å². The number of furan rings is 1. The quantitative estimate of drug-likeness (QED) is 0.615. The largest absolute Gasteiger partial charge is 0.459 e. The number of benzene rings is 1. The highest BCUT2D eigenvalue weighted by molar-refractivity contribution is 5.91. The third-order valence-electron chi connectivity index (χ3n) is 3.89. The Morgan fingerprint density at radius 1 is 1.32 bits per heavy atom. The molecule has 0 spiro atoms. The highest BCUT2D eigenvalue weighted by Gasteiger charge is 2.19. The van der Waals surface area contributed by atoms with E-state index in [4.69, 9.17) is 8.94 Å². The van der Waals surface area contributed by atoms with E-state index in [2.05, 4.69) is 20.4 Å². The summed E-state index contributed by atoms with van der Waals surface area (Å²) in [6.45, 7) is 1.77. The number of aromatic nitrogens is 4. The van der Waals surface area contributed by atoms with Gasteiger partial charge >= 0.3 is 0 Å². The summed E-state index contributed by atoms with van der Waals surface area (Å²) in [6, 6.07) is 8.53. The van der Waals surface area contributed by atoms with Gasteiger partial charge in [0, 0.05) is 12.6 Å². The number of rotatable bonds is 4. The van der Waals surface area contributed by atoms with E-state index in [0.29, 0.717) is 11.7 Å². The Bertz CT molecular complexity index is 1030. The molecule has 4 rings (SSSR count). The van der Waals surface area contributed by atoms with Crippen molar-refractivity contribution in [2.75, 3.05) is 0 Å². The third kappa shape index (κ3) is 2.78. The first-order chi connectivity index (χ1) is 12.1. The van der Waals surface area contributed by atoms with Crippen LogP contribution >= 0.6 is 0 Å². The summed E-state index contributed by atoms with van der Waals surface area (Å²) in [5, 5.41) is 6.76. The molecule has 126 valence electrons. The van der Waals surface area contributed by atoms with Gasteiger partial charge in [-0.15, -0.1) is 0 Å². The molecule has 1 atom stereocenters. The van der Waals surface area contributed by atoms with E-state index in [9.17, 15) is 4.79 Å². The minimum atomic E-state index is -0.445. The number of aryl methyl sites for hydroxylation is 1. The molecule has 0 saturated heterocycles. The second kappa shape index (κ2) is 5.90. The zero-order chi connectivity index (χ0) is 17.4. The standard InChI is InChI=1S/C17H15N5O3/c1-10(19-16(23)14-4-3-7-24-14)17-20-15(21-25-17)11-5-6-12-13(8-11)22(2)9-18-12/h3-10H,1-2H3,(H,19,23). The molecule has 0 radical (unpaired) electrons. The van der Waals surface area contributed by atoms with E-state index in [1.54, 1.807) is 25.4 Å². The number of fused-ring (bicyclic) bond motifs is 1. The monoisotopic (exact) mass is 337 g/mol. The van der Waals surface area contributed by atoms with Crippen molar-refractivity contribution in [2.24, 2.45) is 7.05 Å². The second-order valence-electron chi connectivity index (χ2n) is 5.69. The Morgan fingerprint density at radius 3 is 3.00 bits per heavy atom. The molecule has 0 saturated carbocycles. The minimum Gasteiger partial charge on any atom is -0.459 e. The van der Waals surface area contributed by atoms with Gasteiger partial charge in [-0.05, 0) is 37.3 Å². The van der Waals surface area contributed by atoms with Crippen LogP contribution < -0.4 is 5.32 Å². The summed E-state index contributed by atoms with van der Waals surface area (Å²) < 4.78 is 12.3. The predicted octanol–water partition coefficient (Wildman–Crippen LogP) is 2.71. The molecule has 1 N–H and O–H groups in total. The Morgan fingerprint density at radius 2 is 2.20 bits per heavy atom. The Labute approximate surface area is 142 Å². The number of amides is 1. The van der Waals surface area contributed by atoms with E-state index in [0.717, 1.165) is 16.6 Å². The minimum absolute atomic E-state index is 0.230. The first-order valence-electron chi connectivity index (χ1n) is 7.71. The molecule has 25 heavy (non-hydrogen) atoms. The van der Waals surface area contributed by atoms with Gasteiger partial charge in [0.2, 0.25) is 11.7 Å². The van der Waals surface area contributed by atoms with Crippen LogP contribution in [0.5, 0.6) is 0 Å². The molecule has 0 fully saturated rings. The zero-order valence-electron chi connectivity index (χ0n) is 13.6. The topological polar surface area (TPSA) is 99.0 Å². The number of carbonyl (C=O) groups is 1. The van der Waals surface area contributed by atoms with E-state index in [-0.39, 0.29) is 11.7 Å². The first-order valence-corrected chi connectivity index (χ1v) is 7.71. The van der Waals surface area contributed by atoms with Gasteiger partial charge in [-0.25, -0.2) is 4.98 Å². The molecule has 1 amide bonds. The van der Waals surface area contributed by atoms with Crippen LogP contribution in [0.1, 0.15) is 29.4 Å². The smallest absolute Gasteiger partial charge is 0.287 e. The van der Waals surface area contributed by atoms with Gasteiger partial charge in [-0.1, -0.05) is 5.16 Å². The highest BCUT2D eigenvalue weighted by Crippen LogP contribution is 2.23. The van der Waals surface area contributed by atoms with Crippen molar-refractivity contribution in [1.29, 1.82) is 0 Å². The van der Waals surface area contributed by atoms with Gasteiger partial charge in [0.15, 0.2) is 5.76 Å². The predicted molar refractivity (Wildman–Crippen MR) is 88.6 cm³/mol. The van der Waals surface area contributed by atoms with Gasteiger partial charge in [0.1, 0.15) is 6.04 Å². The van der Waals surface area contributed by atoms with Crippen LogP contribution in [0, 0.1) is 0 Å². The molecule has 1 unspecified atom stereocenters. The molecule has 0 aliphatic rings. The van der Waals surface area contributed by atoms with E-state index in [1.807, 2.05) is 29.8 Å². The average molecular weight is 337 g/mol. The van der Waals surface area contributed by atoms with Crippen molar-refractivity contribution in [3.8, 4) is 11.4 Å². The second-order valence-corrected chi connectivity index (χ2v) is 5.69. The Kier molecular flexibility index (Phi) is 3.57. The summed E-state index contributed by atoms with van der Waals surface area (Å²) in [4.78, 5) is 20.7. The summed E-state index contributed by atoms with van der Waals surface area (Å²) in [5.41, 5.74) is 2.69. The Balaban J connectivity index is 1.56. The summed E-state index contributed by atoms with van der Waals surface area (Å²) >= 11 is 0. The molecule has 3 heterocycles. The van der Waals surface area contributed by atoms with Crippen LogP contribution in [0.15, 0.2) is 51.9 Å². The fourth-order valence-corrected chi connectivity index (χ4v) is 2.53. The van der Waals surface area contributed by atoms with Crippen LogP contribution in [0.4, 0.5) is 0 Å². The zero-order valence-corrected chi connectivity index (χ0v) is 13.6. The fourth-order valence-electron chi connectivity index (χ4n) is 2.53. The third-order valence-corrected chi connectivity index (χ3v) is 3.89. The lowest BCUT2D eigenvalue weighted by Crippen LogP contribution is -2.26. The van der Waals surface area contributed by atoms with Crippen molar-refractivity contribution in [1.82, 2.24) is 25.0 Å². The van der Waals surface area contributed by atoms with Crippen LogP contribution in [-0.2, 0) is 7.05 Å². The number of hydrogen-bond donors (Lipinski definition) is 1. The lowest BCUT2D eigenvalue weighted by Gasteiger charge is -2.07. The maximum atomic E-state index is 12.0. The van der Waals surface area contributed by atoms with Crippen molar-refractivity contribution in [2.45, 2.75) is 13.0 Å². The summed E-state index contributed by atoms with van der Waals surface area (Å²) in [7, 11) is 1.92. The maximum Gasteiger partial charge on any atom is 0.287 e. The summed E-state index contributed by atoms with van der Waals surface area (Å²) in [5.74, 6) is 0.666. The number of nitrogens with zero attached hydrogens (tertiary/aromatic N) is 4. The molecule has 0 aliphatic carbocycles. The maximum absolute atomic E-state index is 12.0. The molecule has 4 aromatic rings. The Hall–Kier alpha value is -3.42. The number of nitrogens with one attached hydrogen (secondary N) is 1. The van der Waals surface area contributed by atoms with Gasteiger partial charge < -0.3 is 18.8 Å². The number of imidazole rings is 1. The van der Waals surface area contributed by atoms with E-state index < -0.39 is 6.04 Å². The molecular formula is C17H15N5O3. The normalized spacial score (nSPS) is 12.4. The van der Waals surface area contributed by atoms with Gasteiger partial charge in [0.25, 0.3) is 5.91 Å². The van der Waals surface area contributed by atoms with Crippen LogP contribution in [0.25, 0.3) is 22.4 Å². The molecule has 0 bridgehead atoms. The van der Waals surface area contributed by atoms with Crippen LogP contribution in [0.3, 0.4) is 0 Å². The molecule has 8 heteroatoms. The average Bonchev–Trinajstić information content (AvgIpc) is 3.36. The van der Waals surface area contributed by atoms with Crippen molar-refractivity contribution < 1.29 is 13.7 Å². The number of carbonyl (C=O) groups excluding carboxylic acids is 1. The van der Waals surface area contributed by atoms with E-state index in [1.165, 1.54) is 6.26 Å². The lowest BCUT2D eigenvalue weighted by molar-refractivity contribution is 0.0904. The lowest BCUT2D eigenvalue weighted by atomic mass is 10.2. The molecule has 0 aliphatic heterocycles.